The number of hydrogen-bond donors (Lipinski definition) is 1. The molecule has 10 heteroatoms. The van der Waals surface area contributed by atoms with Gasteiger partial charge in [0.25, 0.3) is 10.0 Å². The van der Waals surface area contributed by atoms with Crippen LogP contribution in [0, 0.1) is 0 Å². The Balaban J connectivity index is 1.80. The summed E-state index contributed by atoms with van der Waals surface area (Å²) >= 11 is 23.6. The van der Waals surface area contributed by atoms with E-state index in [0.29, 0.717) is 17.3 Å². The molecule has 0 saturated heterocycles. The molecule has 1 aromatic heterocycles. The van der Waals surface area contributed by atoms with E-state index in [1.807, 2.05) is 12.1 Å². The summed E-state index contributed by atoms with van der Waals surface area (Å²) in [5.41, 5.74) is 1.26. The van der Waals surface area contributed by atoms with Crippen LogP contribution in [0.2, 0.25) is 20.1 Å². The zero-order chi connectivity index (χ0) is 18.9. The van der Waals surface area contributed by atoms with Gasteiger partial charge in [0.1, 0.15) is 4.90 Å². The fraction of sp³-hybridized carbons (Fsp3) is 0.0625. The molecule has 0 saturated carbocycles. The molecule has 0 aliphatic rings. The molecular weight excluding hydrogens is 440 g/mol. The summed E-state index contributed by atoms with van der Waals surface area (Å²) in [5, 5.41) is 5.02. The second kappa shape index (κ2) is 7.66. The van der Waals surface area contributed by atoms with E-state index in [-0.39, 0.29) is 20.0 Å². The van der Waals surface area contributed by atoms with Gasteiger partial charge in [-0.05, 0) is 29.8 Å². The number of halogens is 4. The first-order valence-electron chi connectivity index (χ1n) is 7.19. The smallest absolute Gasteiger partial charge is 0.263 e. The number of sulfonamides is 1. The standard InChI is InChI=1S/C16H11Cl4N3O2S/c17-11-3-1-10(2-4-11)8-23-9-12(7-21-23)22-26(24,25)16-6-14(19)13(18)5-15(16)20/h1-7,9,22H,8H2. The molecule has 0 spiro atoms. The Morgan fingerprint density at radius 2 is 1.62 bits per heavy atom. The largest absolute Gasteiger partial charge is 0.276 e. The van der Waals surface area contributed by atoms with Crippen LogP contribution in [0.4, 0.5) is 5.69 Å². The van der Waals surface area contributed by atoms with Crippen molar-refractivity contribution in [1.82, 2.24) is 9.78 Å². The molecule has 26 heavy (non-hydrogen) atoms. The second-order valence-electron chi connectivity index (χ2n) is 5.36. The topological polar surface area (TPSA) is 64.0 Å². The molecule has 3 rings (SSSR count). The van der Waals surface area contributed by atoms with E-state index in [9.17, 15) is 8.42 Å². The SMILES string of the molecule is O=S(=O)(Nc1cnn(Cc2ccc(Cl)cc2)c1)c1cc(Cl)c(Cl)cc1Cl. The number of rotatable bonds is 5. The third-order valence-electron chi connectivity index (χ3n) is 3.41. The maximum Gasteiger partial charge on any atom is 0.263 e. The molecule has 3 aromatic rings. The van der Waals surface area contributed by atoms with Crippen LogP contribution < -0.4 is 4.72 Å². The highest BCUT2D eigenvalue weighted by Crippen LogP contribution is 2.32. The summed E-state index contributed by atoms with van der Waals surface area (Å²) in [7, 11) is -3.94. The predicted octanol–water partition coefficient (Wildman–Crippen LogP) is 5.35. The lowest BCUT2D eigenvalue weighted by Crippen LogP contribution is -2.13. The quantitative estimate of drug-likeness (QED) is 0.533. The third-order valence-corrected chi connectivity index (χ3v) is 6.23. The lowest BCUT2D eigenvalue weighted by molar-refractivity contribution is 0.601. The van der Waals surface area contributed by atoms with E-state index in [1.54, 1.807) is 23.0 Å². The molecule has 5 nitrogen and oxygen atoms in total. The normalized spacial score (nSPS) is 11.5. The molecular formula is C16H11Cl4N3O2S. The molecule has 0 bridgehead atoms. The highest BCUT2D eigenvalue weighted by atomic mass is 35.5. The minimum absolute atomic E-state index is 0.0274. The number of aromatic nitrogens is 2. The zero-order valence-corrected chi connectivity index (χ0v) is 16.8. The van der Waals surface area contributed by atoms with Crippen molar-refractivity contribution in [3.8, 4) is 0 Å². The third kappa shape index (κ3) is 4.45. The molecule has 0 atom stereocenters. The summed E-state index contributed by atoms with van der Waals surface area (Å²) in [6.45, 7) is 0.465. The summed E-state index contributed by atoms with van der Waals surface area (Å²) in [4.78, 5) is -0.168. The minimum Gasteiger partial charge on any atom is -0.276 e. The van der Waals surface area contributed by atoms with Gasteiger partial charge in [0.05, 0.1) is 33.5 Å². The number of anilines is 1. The van der Waals surface area contributed by atoms with Crippen molar-refractivity contribution in [3.05, 3.63) is 74.4 Å². The fourth-order valence-corrected chi connectivity index (χ4v) is 4.36. The van der Waals surface area contributed by atoms with Crippen molar-refractivity contribution >= 4 is 62.1 Å². The minimum atomic E-state index is -3.94. The first kappa shape index (κ1) is 19.3. The summed E-state index contributed by atoms with van der Waals surface area (Å²) in [6, 6.07) is 9.76. The van der Waals surface area contributed by atoms with Crippen LogP contribution in [0.1, 0.15) is 5.56 Å². The van der Waals surface area contributed by atoms with Crippen molar-refractivity contribution < 1.29 is 8.42 Å². The van der Waals surface area contributed by atoms with E-state index < -0.39 is 10.0 Å². The average Bonchev–Trinajstić information content (AvgIpc) is 2.99. The molecule has 136 valence electrons. The first-order valence-corrected chi connectivity index (χ1v) is 10.2. The molecule has 0 aliphatic heterocycles. The Labute approximate surface area is 170 Å². The average molecular weight is 451 g/mol. The second-order valence-corrected chi connectivity index (χ2v) is 8.66. The van der Waals surface area contributed by atoms with Crippen molar-refractivity contribution in [3.63, 3.8) is 0 Å². The van der Waals surface area contributed by atoms with Gasteiger partial charge in [-0.25, -0.2) is 8.42 Å². The number of hydrogen-bond acceptors (Lipinski definition) is 3. The highest BCUT2D eigenvalue weighted by molar-refractivity contribution is 7.92. The van der Waals surface area contributed by atoms with Gasteiger partial charge in [0.15, 0.2) is 0 Å². The van der Waals surface area contributed by atoms with Crippen LogP contribution in [0.5, 0.6) is 0 Å². The number of nitrogens with zero attached hydrogens (tertiary/aromatic N) is 2. The van der Waals surface area contributed by atoms with Gasteiger partial charge < -0.3 is 0 Å². The zero-order valence-electron chi connectivity index (χ0n) is 13.0. The van der Waals surface area contributed by atoms with Gasteiger partial charge in [0.2, 0.25) is 0 Å². The Bertz CT molecular complexity index is 1050. The molecule has 2 aromatic carbocycles. The van der Waals surface area contributed by atoms with Gasteiger partial charge >= 0.3 is 0 Å². The van der Waals surface area contributed by atoms with E-state index >= 15 is 0 Å². The van der Waals surface area contributed by atoms with E-state index in [0.717, 1.165) is 5.56 Å². The Kier molecular flexibility index (Phi) is 5.69. The summed E-state index contributed by atoms with van der Waals surface area (Å²) in [5.74, 6) is 0. The van der Waals surface area contributed by atoms with Gasteiger partial charge in [-0.1, -0.05) is 58.5 Å². The van der Waals surface area contributed by atoms with Crippen LogP contribution in [-0.2, 0) is 16.6 Å². The van der Waals surface area contributed by atoms with Crippen molar-refractivity contribution in [2.75, 3.05) is 4.72 Å². The van der Waals surface area contributed by atoms with Gasteiger partial charge in [-0.2, -0.15) is 5.10 Å². The van der Waals surface area contributed by atoms with Crippen molar-refractivity contribution in [2.45, 2.75) is 11.4 Å². The lowest BCUT2D eigenvalue weighted by atomic mass is 10.2. The van der Waals surface area contributed by atoms with Gasteiger partial charge in [-0.15, -0.1) is 0 Å². The summed E-state index contributed by atoms with van der Waals surface area (Å²) < 4.78 is 29.1. The Morgan fingerprint density at radius 1 is 0.962 bits per heavy atom. The highest BCUT2D eigenvalue weighted by Gasteiger charge is 2.20. The van der Waals surface area contributed by atoms with E-state index in [2.05, 4.69) is 9.82 Å². The summed E-state index contributed by atoms with van der Waals surface area (Å²) in [6.07, 6.45) is 2.97. The van der Waals surface area contributed by atoms with Crippen molar-refractivity contribution in [2.24, 2.45) is 0 Å². The molecule has 0 amide bonds. The van der Waals surface area contributed by atoms with E-state index in [4.69, 9.17) is 46.4 Å². The monoisotopic (exact) mass is 449 g/mol. The molecule has 1 N–H and O–H groups in total. The van der Waals surface area contributed by atoms with E-state index in [1.165, 1.54) is 18.3 Å². The molecule has 0 aliphatic carbocycles. The Hall–Kier alpha value is -1.44. The maximum atomic E-state index is 12.5. The fourth-order valence-electron chi connectivity index (χ4n) is 2.20. The van der Waals surface area contributed by atoms with Gasteiger partial charge in [0, 0.05) is 11.2 Å². The lowest BCUT2D eigenvalue weighted by Gasteiger charge is -2.09. The number of benzene rings is 2. The van der Waals surface area contributed by atoms with Crippen LogP contribution >= 0.6 is 46.4 Å². The molecule has 1 heterocycles. The molecule has 0 radical (unpaired) electrons. The predicted molar refractivity (Wildman–Crippen MR) is 105 cm³/mol. The van der Waals surface area contributed by atoms with Crippen LogP contribution in [0.25, 0.3) is 0 Å². The molecule has 0 unspecified atom stereocenters. The first-order chi connectivity index (χ1) is 12.2. The van der Waals surface area contributed by atoms with Crippen molar-refractivity contribution in [1.29, 1.82) is 0 Å². The van der Waals surface area contributed by atoms with Crippen LogP contribution in [0.15, 0.2) is 53.7 Å². The maximum absolute atomic E-state index is 12.5. The van der Waals surface area contributed by atoms with Gasteiger partial charge in [-0.3, -0.25) is 9.40 Å². The molecule has 0 fully saturated rings. The number of nitrogens with one attached hydrogen (secondary N) is 1. The van der Waals surface area contributed by atoms with Crippen LogP contribution in [0.3, 0.4) is 0 Å². The van der Waals surface area contributed by atoms with Crippen LogP contribution in [-0.4, -0.2) is 18.2 Å². The Morgan fingerprint density at radius 3 is 2.31 bits per heavy atom.